The second-order valence-electron chi connectivity index (χ2n) is 12.3. The largest absolute Gasteiger partial charge is 0.310 e. The fourth-order valence-corrected chi connectivity index (χ4v) is 6.70. The maximum Gasteiger partial charge on any atom is 0.0651 e. The fraction of sp³-hybridized carbons (Fsp3) is 0. The highest BCUT2D eigenvalue weighted by atomic mass is 15.1. The number of anilines is 3. The maximum atomic E-state index is 9.78. The first-order valence-corrected chi connectivity index (χ1v) is 16.9. The Morgan fingerprint density at radius 3 is 1.53 bits per heavy atom. The summed E-state index contributed by atoms with van der Waals surface area (Å²) in [5, 5.41) is 3.30. The lowest BCUT2D eigenvalue weighted by molar-refractivity contribution is 1.28. The van der Waals surface area contributed by atoms with Gasteiger partial charge in [-0.2, -0.15) is 0 Å². The van der Waals surface area contributed by atoms with Gasteiger partial charge in [0.2, 0.25) is 0 Å². The van der Waals surface area contributed by atoms with E-state index in [-0.39, 0.29) is 58.8 Å². The van der Waals surface area contributed by atoms with Crippen LogP contribution in [0, 0.1) is 0 Å². The van der Waals surface area contributed by atoms with Crippen LogP contribution < -0.4 is 4.90 Å². The molecule has 1 nitrogen and oxygen atoms in total. The minimum atomic E-state index is -0.446. The average molecular weight is 658 g/mol. The van der Waals surface area contributed by atoms with Gasteiger partial charge in [-0.25, -0.2) is 0 Å². The van der Waals surface area contributed by atoms with Crippen molar-refractivity contribution < 1.29 is 11.0 Å². The highest BCUT2D eigenvalue weighted by molar-refractivity contribution is 5.98. The smallest absolute Gasteiger partial charge is 0.0651 e. The van der Waals surface area contributed by atoms with Gasteiger partial charge in [-0.1, -0.05) is 170 Å². The lowest BCUT2D eigenvalue weighted by atomic mass is 9.97. The molecule has 1 heteroatoms. The van der Waals surface area contributed by atoms with E-state index in [4.69, 9.17) is 2.74 Å². The maximum absolute atomic E-state index is 9.78. The van der Waals surface area contributed by atoms with Crippen molar-refractivity contribution in [2.45, 2.75) is 0 Å². The van der Waals surface area contributed by atoms with E-state index in [2.05, 4.69) is 18.2 Å². The molecular weight excluding hydrogens is 615 g/mol. The van der Waals surface area contributed by atoms with E-state index in [1.807, 2.05) is 121 Å². The third kappa shape index (κ3) is 5.96. The second kappa shape index (κ2) is 13.3. The first-order chi connectivity index (χ1) is 28.6. The van der Waals surface area contributed by atoms with E-state index < -0.39 is 12.1 Å². The van der Waals surface area contributed by atoms with Crippen molar-refractivity contribution in [1.82, 2.24) is 0 Å². The molecular formula is C50H35N. The van der Waals surface area contributed by atoms with Crippen LogP contribution in [0.2, 0.25) is 0 Å². The van der Waals surface area contributed by atoms with E-state index >= 15 is 0 Å². The van der Waals surface area contributed by atoms with E-state index in [1.165, 1.54) is 4.90 Å². The van der Waals surface area contributed by atoms with Crippen molar-refractivity contribution in [1.29, 1.82) is 0 Å². The van der Waals surface area contributed by atoms with Crippen LogP contribution in [0.15, 0.2) is 212 Å². The number of hydrogen-bond acceptors (Lipinski definition) is 1. The van der Waals surface area contributed by atoms with Crippen LogP contribution in [-0.2, 0) is 0 Å². The normalized spacial score (nSPS) is 13.3. The zero-order valence-electron chi connectivity index (χ0n) is 35.5. The van der Waals surface area contributed by atoms with E-state index in [1.54, 1.807) is 24.3 Å². The molecule has 0 aliphatic carbocycles. The highest BCUT2D eigenvalue weighted by Gasteiger charge is 2.16. The summed E-state index contributed by atoms with van der Waals surface area (Å²) in [6, 6.07) is 49.0. The Hall–Kier alpha value is -6.70. The van der Waals surface area contributed by atoms with Crippen LogP contribution in [0.25, 0.3) is 66.1 Å². The predicted octanol–water partition coefficient (Wildman–Crippen LogP) is 14.1. The summed E-state index contributed by atoms with van der Waals surface area (Å²) in [4.78, 5) is 1.40. The molecule has 240 valence electrons. The summed E-state index contributed by atoms with van der Waals surface area (Å²) >= 11 is 0. The topological polar surface area (TPSA) is 3.24 Å². The van der Waals surface area contributed by atoms with Gasteiger partial charge in [0, 0.05) is 17.1 Å². The average Bonchev–Trinajstić information content (AvgIpc) is 3.28. The molecule has 0 bridgehead atoms. The minimum absolute atomic E-state index is 0.125. The van der Waals surface area contributed by atoms with Crippen molar-refractivity contribution in [3.05, 3.63) is 212 Å². The molecule has 0 saturated carbocycles. The third-order valence-corrected chi connectivity index (χ3v) is 9.22. The molecule has 9 aromatic carbocycles. The highest BCUT2D eigenvalue weighted by Crippen LogP contribution is 2.40. The van der Waals surface area contributed by atoms with Gasteiger partial charge in [0.15, 0.2) is 0 Å². The molecule has 51 heavy (non-hydrogen) atoms. The molecule has 0 unspecified atom stereocenters. The molecule has 9 rings (SSSR count). The molecule has 0 heterocycles. The van der Waals surface area contributed by atoms with Gasteiger partial charge >= 0.3 is 0 Å². The minimum Gasteiger partial charge on any atom is -0.310 e. The first kappa shape index (κ1) is 22.8. The Bertz CT molecular complexity index is 3050. The zero-order chi connectivity index (χ0) is 40.9. The van der Waals surface area contributed by atoms with Crippen LogP contribution >= 0.6 is 0 Å². The van der Waals surface area contributed by atoms with Crippen LogP contribution in [0.1, 0.15) is 11.0 Å². The summed E-state index contributed by atoms with van der Waals surface area (Å²) in [5.41, 5.74) is 5.32. The van der Waals surface area contributed by atoms with Gasteiger partial charge < -0.3 is 4.90 Å². The second-order valence-corrected chi connectivity index (χ2v) is 12.3. The Labute approximate surface area is 310 Å². The summed E-state index contributed by atoms with van der Waals surface area (Å²) in [5.74, 6) is 0. The van der Waals surface area contributed by atoms with Crippen LogP contribution in [0.3, 0.4) is 0 Å². The molecule has 0 fully saturated rings. The van der Waals surface area contributed by atoms with Crippen molar-refractivity contribution in [2.75, 3.05) is 4.90 Å². The van der Waals surface area contributed by atoms with Gasteiger partial charge in [0.05, 0.1) is 11.0 Å². The number of fused-ring (bicyclic) bond motifs is 2. The predicted molar refractivity (Wildman–Crippen MR) is 218 cm³/mol. The fourth-order valence-electron chi connectivity index (χ4n) is 6.70. The third-order valence-electron chi connectivity index (χ3n) is 9.22. The van der Waals surface area contributed by atoms with Crippen molar-refractivity contribution in [2.24, 2.45) is 0 Å². The number of nitrogens with zero attached hydrogens (tertiary/aromatic N) is 1. The molecule has 0 spiro atoms. The van der Waals surface area contributed by atoms with Gasteiger partial charge in [-0.3, -0.25) is 0 Å². The SMILES string of the molecule is [2H]c1c([2H])c(-c2cccc3ccccc23)c([2H])c(N(c2ccc(-c3cccc(-c4ccccc4)c3)cc2)c2c([2H])c([2H])c(-c3cccc4ccccc34)c([2H])c2[2H])c1[2H]. The molecule has 0 aliphatic rings. The zero-order valence-corrected chi connectivity index (χ0v) is 27.5. The number of hydrogen-bond donors (Lipinski definition) is 0. The van der Waals surface area contributed by atoms with Gasteiger partial charge in [-0.05, 0) is 108 Å². The van der Waals surface area contributed by atoms with Crippen LogP contribution in [0.5, 0.6) is 0 Å². The summed E-state index contributed by atoms with van der Waals surface area (Å²) in [6.45, 7) is 0. The first-order valence-electron chi connectivity index (χ1n) is 20.9. The molecule has 0 atom stereocenters. The molecule has 0 amide bonds. The lowest BCUT2D eigenvalue weighted by Gasteiger charge is -2.26. The van der Waals surface area contributed by atoms with Crippen LogP contribution in [0.4, 0.5) is 17.1 Å². The quantitative estimate of drug-likeness (QED) is 0.165. The summed E-state index contributed by atoms with van der Waals surface area (Å²) < 4.78 is 75.3. The molecule has 9 aromatic rings. The summed E-state index contributed by atoms with van der Waals surface area (Å²) in [6.07, 6.45) is 0. The van der Waals surface area contributed by atoms with E-state index in [0.29, 0.717) is 16.8 Å². The Morgan fingerprint density at radius 1 is 0.333 bits per heavy atom. The van der Waals surface area contributed by atoms with Gasteiger partial charge in [0.1, 0.15) is 0 Å². The van der Waals surface area contributed by atoms with Gasteiger partial charge in [-0.15, -0.1) is 0 Å². The molecule has 0 saturated heterocycles. The monoisotopic (exact) mass is 657 g/mol. The molecule has 0 N–H and O–H groups in total. The lowest BCUT2D eigenvalue weighted by Crippen LogP contribution is -2.10. The Balaban J connectivity index is 1.29. The van der Waals surface area contributed by atoms with E-state index in [0.717, 1.165) is 43.8 Å². The molecule has 0 aromatic heterocycles. The van der Waals surface area contributed by atoms with Crippen LogP contribution in [-0.4, -0.2) is 0 Å². The molecule has 0 radical (unpaired) electrons. The Morgan fingerprint density at radius 2 is 0.863 bits per heavy atom. The molecule has 0 aliphatic heterocycles. The van der Waals surface area contributed by atoms with Crippen molar-refractivity contribution in [3.8, 4) is 44.5 Å². The van der Waals surface area contributed by atoms with Crippen molar-refractivity contribution >= 4 is 38.6 Å². The summed E-state index contributed by atoms with van der Waals surface area (Å²) in [7, 11) is 0. The van der Waals surface area contributed by atoms with E-state index in [9.17, 15) is 8.22 Å². The standard InChI is InChI=1S/C50H35N/c1-2-12-36(13-3-1)41-18-8-19-42(34-41)37-26-30-44(31-27-37)51(45-32-28-40(29-33-45)49-24-10-16-38-14-4-6-22-47(38)49)46-21-9-20-43(35-46)50-25-11-17-39-15-5-7-23-48(39)50/h1-35H/i9D,20D,21D,28D,29D,32D,33D,35D. The van der Waals surface area contributed by atoms with Gasteiger partial charge in [0.25, 0.3) is 0 Å². The van der Waals surface area contributed by atoms with Crippen molar-refractivity contribution in [3.63, 3.8) is 0 Å². The number of benzene rings is 9. The number of rotatable bonds is 7. The Kier molecular flexibility index (Phi) is 5.96.